The van der Waals surface area contributed by atoms with E-state index in [0.717, 1.165) is 24.2 Å². The number of rotatable bonds is 7. The van der Waals surface area contributed by atoms with Crippen molar-refractivity contribution >= 4 is 22.0 Å². The molecule has 0 aromatic carbocycles. The van der Waals surface area contributed by atoms with Gasteiger partial charge in [-0.3, -0.25) is 4.79 Å². The quantitative estimate of drug-likeness (QED) is 0.600. The summed E-state index contributed by atoms with van der Waals surface area (Å²) in [5, 5.41) is 10.9. The lowest BCUT2D eigenvalue weighted by Gasteiger charge is -2.33. The smallest absolute Gasteiger partial charge is 0.404 e. The van der Waals surface area contributed by atoms with Crippen molar-refractivity contribution in [2.45, 2.75) is 56.5 Å². The summed E-state index contributed by atoms with van der Waals surface area (Å²) in [6, 6.07) is -1.36. The van der Waals surface area contributed by atoms with Crippen molar-refractivity contribution in [2.24, 2.45) is 0 Å². The summed E-state index contributed by atoms with van der Waals surface area (Å²) < 4.78 is 53.5. The van der Waals surface area contributed by atoms with Crippen LogP contribution < -0.4 is 10.0 Å². The number of carbonyl (C=O) groups is 2. The van der Waals surface area contributed by atoms with Crippen molar-refractivity contribution in [1.29, 1.82) is 0 Å². The summed E-state index contributed by atoms with van der Waals surface area (Å²) in [7, 11) is -3.78. The standard InChI is InChI=1S/C14H23F2N3O5S/c15-14(16)5-2-6-19(9-14)12(20)7-11(17-13(21)22)8-25(23,24)18-10-3-1-4-10/h10-11,17-18H,1-9H2,(H,21,22). The molecule has 2 aliphatic rings. The minimum Gasteiger partial charge on any atom is -0.465 e. The van der Waals surface area contributed by atoms with Gasteiger partial charge >= 0.3 is 6.09 Å². The summed E-state index contributed by atoms with van der Waals surface area (Å²) in [4.78, 5) is 24.0. The largest absolute Gasteiger partial charge is 0.465 e. The van der Waals surface area contributed by atoms with Crippen molar-refractivity contribution in [1.82, 2.24) is 14.9 Å². The summed E-state index contributed by atoms with van der Waals surface area (Å²) in [6.07, 6.45) is 0.265. The predicted molar refractivity (Wildman–Crippen MR) is 84.9 cm³/mol. The zero-order valence-electron chi connectivity index (χ0n) is 13.7. The summed E-state index contributed by atoms with van der Waals surface area (Å²) in [5.41, 5.74) is 0. The van der Waals surface area contributed by atoms with Crippen LogP contribution in [-0.2, 0) is 14.8 Å². The van der Waals surface area contributed by atoms with E-state index in [0.29, 0.717) is 0 Å². The normalized spacial score (nSPS) is 22.1. The first-order valence-electron chi connectivity index (χ1n) is 8.21. The maximum atomic E-state index is 13.4. The maximum Gasteiger partial charge on any atom is 0.404 e. The molecule has 8 nitrogen and oxygen atoms in total. The molecule has 0 spiro atoms. The SMILES string of the molecule is O=C(O)NC(CC(=O)N1CCCC(F)(F)C1)CS(=O)(=O)NC1CCC1. The Labute approximate surface area is 145 Å². The molecule has 1 saturated heterocycles. The number of nitrogens with zero attached hydrogens (tertiary/aromatic N) is 1. The molecular weight excluding hydrogens is 360 g/mol. The highest BCUT2D eigenvalue weighted by atomic mass is 32.2. The first-order chi connectivity index (χ1) is 11.6. The van der Waals surface area contributed by atoms with Gasteiger partial charge in [0, 0.05) is 25.4 Å². The molecule has 144 valence electrons. The number of hydrogen-bond acceptors (Lipinski definition) is 4. The third kappa shape index (κ3) is 6.38. The molecule has 0 radical (unpaired) electrons. The molecule has 0 aromatic heterocycles. The van der Waals surface area contributed by atoms with Gasteiger partial charge in [0.1, 0.15) is 0 Å². The number of alkyl halides is 2. The minimum absolute atomic E-state index is 0.150. The topological polar surface area (TPSA) is 116 Å². The number of carbonyl (C=O) groups excluding carboxylic acids is 1. The van der Waals surface area contributed by atoms with Gasteiger partial charge in [0.15, 0.2) is 0 Å². The maximum absolute atomic E-state index is 13.4. The number of sulfonamides is 1. The van der Waals surface area contributed by atoms with E-state index in [4.69, 9.17) is 5.11 Å². The van der Waals surface area contributed by atoms with Gasteiger partial charge in [-0.15, -0.1) is 0 Å². The molecule has 2 amide bonds. The highest BCUT2D eigenvalue weighted by Gasteiger charge is 2.38. The number of piperidine rings is 1. The average Bonchev–Trinajstić information content (AvgIpc) is 2.40. The molecule has 25 heavy (non-hydrogen) atoms. The molecule has 2 rings (SSSR count). The average molecular weight is 383 g/mol. The number of hydrogen-bond donors (Lipinski definition) is 3. The fraction of sp³-hybridized carbons (Fsp3) is 0.857. The van der Waals surface area contributed by atoms with Gasteiger partial charge in [-0.05, 0) is 19.3 Å². The molecule has 0 bridgehead atoms. The predicted octanol–water partition coefficient (Wildman–Crippen LogP) is 0.742. The third-order valence-corrected chi connectivity index (χ3v) is 5.90. The van der Waals surface area contributed by atoms with E-state index in [1.54, 1.807) is 0 Å². The molecule has 1 atom stereocenters. The summed E-state index contributed by atoms with van der Waals surface area (Å²) in [6.45, 7) is -0.569. The van der Waals surface area contributed by atoms with Gasteiger partial charge < -0.3 is 15.3 Å². The van der Waals surface area contributed by atoms with E-state index >= 15 is 0 Å². The number of carboxylic acid groups (broad SMARTS) is 1. The van der Waals surface area contributed by atoms with Crippen LogP contribution in [-0.4, -0.2) is 67.3 Å². The number of halogens is 2. The molecule has 11 heteroatoms. The van der Waals surface area contributed by atoms with Crippen molar-refractivity contribution in [3.63, 3.8) is 0 Å². The Balaban J connectivity index is 1.96. The van der Waals surface area contributed by atoms with Crippen LogP contribution in [0, 0.1) is 0 Å². The molecule has 3 N–H and O–H groups in total. The first-order valence-corrected chi connectivity index (χ1v) is 9.87. The Morgan fingerprint density at radius 1 is 1.28 bits per heavy atom. The lowest BCUT2D eigenvalue weighted by Crippen LogP contribution is -2.50. The second kappa shape index (κ2) is 7.81. The van der Waals surface area contributed by atoms with E-state index < -0.39 is 52.7 Å². The van der Waals surface area contributed by atoms with Gasteiger partial charge in [0.05, 0.1) is 18.3 Å². The zero-order chi connectivity index (χ0) is 18.7. The Bertz CT molecular complexity index is 610. The summed E-state index contributed by atoms with van der Waals surface area (Å²) >= 11 is 0. The van der Waals surface area contributed by atoms with E-state index in [-0.39, 0.29) is 25.4 Å². The molecule has 1 unspecified atom stereocenters. The Morgan fingerprint density at radius 2 is 1.96 bits per heavy atom. The molecule has 2 fully saturated rings. The van der Waals surface area contributed by atoms with Crippen molar-refractivity contribution in [3.05, 3.63) is 0 Å². The second-order valence-electron chi connectivity index (χ2n) is 6.65. The van der Waals surface area contributed by atoms with Gasteiger partial charge in [-0.25, -0.2) is 26.7 Å². The van der Waals surface area contributed by atoms with Crippen LogP contribution in [0.1, 0.15) is 38.5 Å². The van der Waals surface area contributed by atoms with Crippen LogP contribution in [0.4, 0.5) is 13.6 Å². The molecule has 1 aliphatic heterocycles. The van der Waals surface area contributed by atoms with Crippen LogP contribution in [0.5, 0.6) is 0 Å². The second-order valence-corrected chi connectivity index (χ2v) is 8.45. The molecular formula is C14H23F2N3O5S. The van der Waals surface area contributed by atoms with Gasteiger partial charge in [0.25, 0.3) is 5.92 Å². The van der Waals surface area contributed by atoms with Gasteiger partial charge in [-0.1, -0.05) is 6.42 Å². The van der Waals surface area contributed by atoms with Crippen molar-refractivity contribution in [3.8, 4) is 0 Å². The van der Waals surface area contributed by atoms with Gasteiger partial charge in [0.2, 0.25) is 15.9 Å². The highest BCUT2D eigenvalue weighted by Crippen LogP contribution is 2.27. The zero-order valence-corrected chi connectivity index (χ0v) is 14.5. The Kier molecular flexibility index (Phi) is 6.20. The molecule has 1 saturated carbocycles. The van der Waals surface area contributed by atoms with Crippen LogP contribution in [0.3, 0.4) is 0 Å². The third-order valence-electron chi connectivity index (χ3n) is 4.37. The molecule has 0 aromatic rings. The number of nitrogens with one attached hydrogen (secondary N) is 2. The fourth-order valence-corrected chi connectivity index (χ4v) is 4.51. The Hall–Kier alpha value is -1.49. The van der Waals surface area contributed by atoms with Crippen LogP contribution in [0.2, 0.25) is 0 Å². The number of likely N-dealkylation sites (tertiary alicyclic amines) is 1. The van der Waals surface area contributed by atoms with Crippen LogP contribution in [0.15, 0.2) is 0 Å². The monoisotopic (exact) mass is 383 g/mol. The Morgan fingerprint density at radius 3 is 2.48 bits per heavy atom. The van der Waals surface area contributed by atoms with Crippen molar-refractivity contribution < 1.29 is 31.9 Å². The van der Waals surface area contributed by atoms with Crippen LogP contribution >= 0.6 is 0 Å². The molecule has 1 heterocycles. The van der Waals surface area contributed by atoms with E-state index in [2.05, 4.69) is 4.72 Å². The van der Waals surface area contributed by atoms with Gasteiger partial charge in [-0.2, -0.15) is 0 Å². The minimum atomic E-state index is -3.78. The van der Waals surface area contributed by atoms with Crippen LogP contribution in [0.25, 0.3) is 0 Å². The lowest BCUT2D eigenvalue weighted by atomic mass is 9.94. The van der Waals surface area contributed by atoms with E-state index in [1.165, 1.54) is 0 Å². The van der Waals surface area contributed by atoms with E-state index in [9.17, 15) is 26.8 Å². The summed E-state index contributed by atoms with van der Waals surface area (Å²) in [5.74, 6) is -4.26. The highest BCUT2D eigenvalue weighted by molar-refractivity contribution is 7.89. The molecule has 1 aliphatic carbocycles. The fourth-order valence-electron chi connectivity index (χ4n) is 2.94. The number of amides is 2. The van der Waals surface area contributed by atoms with E-state index in [1.807, 2.05) is 5.32 Å². The first kappa shape index (κ1) is 19.8. The van der Waals surface area contributed by atoms with Crippen molar-refractivity contribution in [2.75, 3.05) is 18.8 Å². The lowest BCUT2D eigenvalue weighted by molar-refractivity contribution is -0.142.